The van der Waals surface area contributed by atoms with Crippen molar-refractivity contribution in [1.82, 2.24) is 9.38 Å². The minimum Gasteiger partial charge on any atom is -0.290 e. The number of aromatic nitrogens is 2. The van der Waals surface area contributed by atoms with Gasteiger partial charge in [-0.3, -0.25) is 4.40 Å². The van der Waals surface area contributed by atoms with Crippen molar-refractivity contribution in [2.45, 2.75) is 6.18 Å². The average Bonchev–Trinajstić information content (AvgIpc) is 3.44. The summed E-state index contributed by atoms with van der Waals surface area (Å²) in [5.74, 6) is 0. The van der Waals surface area contributed by atoms with Crippen LogP contribution < -0.4 is 0 Å². The molecule has 0 atom stereocenters. The number of nitrogens with zero attached hydrogens (tertiary/aromatic N) is 2. The molecule has 0 radical (unpaired) electrons. The summed E-state index contributed by atoms with van der Waals surface area (Å²) >= 11 is 0. The standard InChI is InChI=1S/C38H21F3N2/c39-38(40,41)26-19-20-27-30(21-26)33(22-9-3-1-4-10-22)35(25-11-5-2-6-12-25)43-36-29-16-8-14-24-18-17-23-13-7-15-28(31(23)32(24)29)34(36)42-37(27)43/h1-21H. The lowest BCUT2D eigenvalue weighted by Gasteiger charge is -2.19. The van der Waals surface area contributed by atoms with Gasteiger partial charge in [0.25, 0.3) is 0 Å². The van der Waals surface area contributed by atoms with Gasteiger partial charge in [-0.05, 0) is 50.2 Å². The molecule has 0 aliphatic rings. The van der Waals surface area contributed by atoms with Crippen molar-refractivity contribution < 1.29 is 13.2 Å². The number of alkyl halides is 3. The minimum atomic E-state index is -4.48. The summed E-state index contributed by atoms with van der Waals surface area (Å²) in [6.45, 7) is 0. The van der Waals surface area contributed by atoms with Gasteiger partial charge in [0.15, 0.2) is 0 Å². The van der Waals surface area contributed by atoms with Gasteiger partial charge in [-0.25, -0.2) is 4.98 Å². The molecule has 5 heteroatoms. The Morgan fingerprint density at radius 1 is 0.535 bits per heavy atom. The van der Waals surface area contributed by atoms with E-state index < -0.39 is 11.7 Å². The summed E-state index contributed by atoms with van der Waals surface area (Å²) in [5.41, 5.74) is 5.02. The highest BCUT2D eigenvalue weighted by Crippen LogP contribution is 2.47. The maximum atomic E-state index is 14.2. The molecule has 9 aromatic rings. The summed E-state index contributed by atoms with van der Waals surface area (Å²) in [4.78, 5) is 5.29. The molecule has 204 valence electrons. The molecule has 0 spiro atoms. The first-order valence-corrected chi connectivity index (χ1v) is 14.1. The summed E-state index contributed by atoms with van der Waals surface area (Å²) in [6.07, 6.45) is -4.48. The van der Waals surface area contributed by atoms with Crippen molar-refractivity contribution in [3.8, 4) is 22.4 Å². The fourth-order valence-corrected chi connectivity index (χ4v) is 6.93. The first-order chi connectivity index (χ1) is 21.0. The van der Waals surface area contributed by atoms with E-state index in [9.17, 15) is 13.2 Å². The summed E-state index contributed by atoms with van der Waals surface area (Å²) < 4.78 is 44.7. The predicted octanol–water partition coefficient (Wildman–Crippen LogP) is 10.9. The summed E-state index contributed by atoms with van der Waals surface area (Å²) in [6, 6.07) is 40.6. The van der Waals surface area contributed by atoms with Crippen LogP contribution >= 0.6 is 0 Å². The minimum absolute atomic E-state index is 0.517. The first kappa shape index (κ1) is 24.2. The Kier molecular flexibility index (Phi) is 4.81. The van der Waals surface area contributed by atoms with Crippen molar-refractivity contribution in [3.05, 3.63) is 133 Å². The predicted molar refractivity (Wildman–Crippen MR) is 170 cm³/mol. The normalized spacial score (nSPS) is 12.5. The molecule has 0 amide bonds. The van der Waals surface area contributed by atoms with Crippen LogP contribution in [0.2, 0.25) is 0 Å². The van der Waals surface area contributed by atoms with Gasteiger partial charge in [-0.15, -0.1) is 0 Å². The summed E-state index contributed by atoms with van der Waals surface area (Å²) in [5, 5.41) is 7.87. The third-order valence-corrected chi connectivity index (χ3v) is 8.70. The Hall–Kier alpha value is -5.42. The smallest absolute Gasteiger partial charge is 0.290 e. The molecule has 0 aliphatic heterocycles. The van der Waals surface area contributed by atoms with Crippen molar-refractivity contribution in [2.75, 3.05) is 0 Å². The number of pyridine rings is 1. The second-order valence-corrected chi connectivity index (χ2v) is 11.1. The number of halogens is 3. The van der Waals surface area contributed by atoms with Gasteiger partial charge in [-0.2, -0.15) is 13.2 Å². The second-order valence-electron chi connectivity index (χ2n) is 11.1. The van der Waals surface area contributed by atoms with Crippen LogP contribution in [0.3, 0.4) is 0 Å². The summed E-state index contributed by atoms with van der Waals surface area (Å²) in [7, 11) is 0. The first-order valence-electron chi connectivity index (χ1n) is 14.1. The Morgan fingerprint density at radius 3 is 1.84 bits per heavy atom. The van der Waals surface area contributed by atoms with Crippen molar-refractivity contribution in [3.63, 3.8) is 0 Å². The van der Waals surface area contributed by atoms with Gasteiger partial charge in [0, 0.05) is 21.7 Å². The van der Waals surface area contributed by atoms with Crippen LogP contribution in [0.1, 0.15) is 5.56 Å². The molecule has 7 aromatic carbocycles. The van der Waals surface area contributed by atoms with E-state index in [1.54, 1.807) is 6.07 Å². The lowest BCUT2D eigenvalue weighted by Crippen LogP contribution is -2.05. The number of fused-ring (bicyclic) bond motifs is 7. The van der Waals surface area contributed by atoms with Gasteiger partial charge in [0.05, 0.1) is 22.3 Å². The fraction of sp³-hybridized carbons (Fsp3) is 0.0263. The van der Waals surface area contributed by atoms with Crippen LogP contribution in [-0.2, 0) is 6.18 Å². The van der Waals surface area contributed by atoms with Crippen LogP contribution in [0.5, 0.6) is 0 Å². The Morgan fingerprint density at radius 2 is 1.16 bits per heavy atom. The Labute approximate surface area is 243 Å². The maximum Gasteiger partial charge on any atom is 0.416 e. The molecule has 2 nitrogen and oxygen atoms in total. The quantitative estimate of drug-likeness (QED) is 0.192. The molecule has 0 fully saturated rings. The number of benzene rings is 7. The molecule has 0 saturated carbocycles. The van der Waals surface area contributed by atoms with Gasteiger partial charge < -0.3 is 0 Å². The highest BCUT2D eigenvalue weighted by molar-refractivity contribution is 6.33. The van der Waals surface area contributed by atoms with Crippen molar-refractivity contribution in [2.24, 2.45) is 0 Å². The van der Waals surface area contributed by atoms with E-state index in [0.717, 1.165) is 65.7 Å². The van der Waals surface area contributed by atoms with Crippen LogP contribution in [0, 0.1) is 0 Å². The van der Waals surface area contributed by atoms with E-state index in [-0.39, 0.29) is 0 Å². The molecule has 2 heterocycles. The number of hydrogen-bond donors (Lipinski definition) is 0. The van der Waals surface area contributed by atoms with Gasteiger partial charge in [-0.1, -0.05) is 115 Å². The SMILES string of the molecule is FC(F)(F)c1ccc2c(c1)c(-c1ccccc1)c(-c1ccccc1)n1c2nc2c3cccc4ccc5cccc(c5c43)c21. The Balaban J connectivity index is 1.63. The molecular formula is C38H21F3N2. The highest BCUT2D eigenvalue weighted by Gasteiger charge is 2.32. The van der Waals surface area contributed by atoms with E-state index in [1.807, 2.05) is 66.7 Å². The van der Waals surface area contributed by atoms with Crippen molar-refractivity contribution in [1.29, 1.82) is 0 Å². The van der Waals surface area contributed by atoms with E-state index in [0.29, 0.717) is 16.4 Å². The molecule has 0 saturated heterocycles. The molecule has 9 rings (SSSR count). The molecule has 43 heavy (non-hydrogen) atoms. The third kappa shape index (κ3) is 3.33. The van der Waals surface area contributed by atoms with Crippen LogP contribution in [0.25, 0.3) is 82.2 Å². The monoisotopic (exact) mass is 562 g/mol. The van der Waals surface area contributed by atoms with Gasteiger partial charge >= 0.3 is 6.18 Å². The highest BCUT2D eigenvalue weighted by atomic mass is 19.4. The molecular weight excluding hydrogens is 541 g/mol. The average molecular weight is 563 g/mol. The number of imidazole rings is 1. The molecule has 0 unspecified atom stereocenters. The topological polar surface area (TPSA) is 17.3 Å². The van der Waals surface area contributed by atoms with Crippen LogP contribution in [-0.4, -0.2) is 9.38 Å². The molecule has 0 bridgehead atoms. The van der Waals surface area contributed by atoms with Crippen LogP contribution in [0.4, 0.5) is 13.2 Å². The maximum absolute atomic E-state index is 14.2. The molecule has 0 aliphatic carbocycles. The van der Waals surface area contributed by atoms with Gasteiger partial charge in [0.2, 0.25) is 0 Å². The fourth-order valence-electron chi connectivity index (χ4n) is 6.93. The number of rotatable bonds is 2. The second kappa shape index (κ2) is 8.55. The zero-order chi connectivity index (χ0) is 28.9. The van der Waals surface area contributed by atoms with E-state index in [1.165, 1.54) is 12.1 Å². The lowest BCUT2D eigenvalue weighted by atomic mass is 9.91. The van der Waals surface area contributed by atoms with E-state index in [2.05, 4.69) is 46.9 Å². The van der Waals surface area contributed by atoms with Crippen LogP contribution in [0.15, 0.2) is 127 Å². The number of hydrogen-bond acceptors (Lipinski definition) is 1. The van der Waals surface area contributed by atoms with Crippen molar-refractivity contribution >= 4 is 59.8 Å². The van der Waals surface area contributed by atoms with Gasteiger partial charge in [0.1, 0.15) is 5.65 Å². The third-order valence-electron chi connectivity index (χ3n) is 8.70. The van der Waals surface area contributed by atoms with E-state index >= 15 is 0 Å². The largest absolute Gasteiger partial charge is 0.416 e. The zero-order valence-corrected chi connectivity index (χ0v) is 22.7. The zero-order valence-electron chi connectivity index (χ0n) is 22.7. The van der Waals surface area contributed by atoms with E-state index in [4.69, 9.17) is 4.98 Å². The Bertz CT molecular complexity index is 2530. The molecule has 2 aromatic heterocycles. The lowest BCUT2D eigenvalue weighted by molar-refractivity contribution is -0.137. The molecule has 0 N–H and O–H groups in total.